The number of hydrogen-bond acceptors (Lipinski definition) is 4. The molecule has 1 aliphatic heterocycles. The van der Waals surface area contributed by atoms with E-state index in [1.54, 1.807) is 31.4 Å². The molecule has 0 radical (unpaired) electrons. The van der Waals surface area contributed by atoms with Crippen molar-refractivity contribution in [1.82, 2.24) is 9.88 Å². The van der Waals surface area contributed by atoms with Crippen molar-refractivity contribution in [3.8, 4) is 11.4 Å². The first-order valence-electron chi connectivity index (χ1n) is 9.55. The van der Waals surface area contributed by atoms with Gasteiger partial charge in [0.15, 0.2) is 5.17 Å². The van der Waals surface area contributed by atoms with Crippen LogP contribution in [0.3, 0.4) is 0 Å². The lowest BCUT2D eigenvalue weighted by Gasteiger charge is -2.14. The van der Waals surface area contributed by atoms with E-state index in [0.29, 0.717) is 36.6 Å². The maximum absolute atomic E-state index is 12.6. The lowest BCUT2D eigenvalue weighted by molar-refractivity contribution is -0.115. The molecule has 0 aliphatic carbocycles. The molecule has 0 atom stereocenters. The normalized spacial score (nSPS) is 16.1. The van der Waals surface area contributed by atoms with Crippen LogP contribution in [-0.4, -0.2) is 22.8 Å². The number of hydrogen-bond donors (Lipinski definition) is 1. The average molecular weight is 507 g/mol. The second kappa shape index (κ2) is 9.24. The van der Waals surface area contributed by atoms with Gasteiger partial charge in [-0.3, -0.25) is 4.79 Å². The summed E-state index contributed by atoms with van der Waals surface area (Å²) in [5.41, 5.74) is 4.17. The summed E-state index contributed by atoms with van der Waals surface area (Å²) < 4.78 is 7.57. The number of carbonyl (C=O) groups is 1. The minimum absolute atomic E-state index is 0.225. The smallest absolute Gasteiger partial charge is 0.264 e. The standard InChI is InChI=1S/C23H18Cl3N3O2S/c1-12-9-14(13(2)29(12)18-11-15(24)7-8-19(18)31-3)10-20-22(30)28-23(32-20)27-17-6-4-5-16(25)21(17)26/h4-11H,1-3H3,(H,27,28,30)/b20-10+. The fourth-order valence-corrected chi connectivity index (χ4v) is 4.78. The zero-order valence-corrected chi connectivity index (χ0v) is 20.5. The van der Waals surface area contributed by atoms with Gasteiger partial charge in [-0.25, -0.2) is 4.99 Å². The Balaban J connectivity index is 1.69. The Kier molecular flexibility index (Phi) is 6.58. The summed E-state index contributed by atoms with van der Waals surface area (Å²) in [5, 5.41) is 4.57. The lowest BCUT2D eigenvalue weighted by atomic mass is 10.2. The molecular formula is C23H18Cl3N3O2S. The summed E-state index contributed by atoms with van der Waals surface area (Å²) in [6, 6.07) is 12.7. The number of benzene rings is 2. The van der Waals surface area contributed by atoms with E-state index in [2.05, 4.69) is 14.9 Å². The highest BCUT2D eigenvalue weighted by molar-refractivity contribution is 8.18. The molecule has 1 aromatic heterocycles. The number of ether oxygens (including phenoxy) is 1. The summed E-state index contributed by atoms with van der Waals surface area (Å²) in [6.45, 7) is 3.98. The monoisotopic (exact) mass is 505 g/mol. The topological polar surface area (TPSA) is 55.6 Å². The van der Waals surface area contributed by atoms with E-state index in [-0.39, 0.29) is 5.91 Å². The van der Waals surface area contributed by atoms with Gasteiger partial charge < -0.3 is 14.6 Å². The summed E-state index contributed by atoms with van der Waals surface area (Å²) in [4.78, 5) is 17.5. The molecule has 1 amide bonds. The molecule has 2 heterocycles. The van der Waals surface area contributed by atoms with Crippen molar-refractivity contribution < 1.29 is 9.53 Å². The van der Waals surface area contributed by atoms with Gasteiger partial charge in [0.05, 0.1) is 33.4 Å². The molecule has 32 heavy (non-hydrogen) atoms. The molecule has 1 fully saturated rings. The van der Waals surface area contributed by atoms with Crippen molar-refractivity contribution in [2.24, 2.45) is 4.99 Å². The molecule has 3 aromatic rings. The van der Waals surface area contributed by atoms with Gasteiger partial charge in [-0.15, -0.1) is 0 Å². The largest absolute Gasteiger partial charge is 0.495 e. The van der Waals surface area contributed by atoms with Crippen molar-refractivity contribution in [3.63, 3.8) is 0 Å². The van der Waals surface area contributed by atoms with E-state index in [0.717, 1.165) is 22.6 Å². The molecular weight excluding hydrogens is 489 g/mol. The number of aliphatic imine (C=N–C) groups is 1. The molecule has 0 spiro atoms. The van der Waals surface area contributed by atoms with E-state index < -0.39 is 0 Å². The molecule has 9 heteroatoms. The number of rotatable bonds is 4. The number of halogens is 3. The first-order chi connectivity index (χ1) is 15.3. The van der Waals surface area contributed by atoms with Gasteiger partial charge in [0, 0.05) is 16.4 Å². The number of aromatic nitrogens is 1. The molecule has 164 valence electrons. The van der Waals surface area contributed by atoms with Gasteiger partial charge in [-0.05, 0) is 73.6 Å². The number of nitrogens with zero attached hydrogens (tertiary/aromatic N) is 2. The van der Waals surface area contributed by atoms with Gasteiger partial charge in [0.2, 0.25) is 0 Å². The zero-order valence-electron chi connectivity index (χ0n) is 17.4. The van der Waals surface area contributed by atoms with Crippen molar-refractivity contribution in [2.75, 3.05) is 7.11 Å². The number of aryl methyl sites for hydroxylation is 1. The van der Waals surface area contributed by atoms with E-state index in [1.807, 2.05) is 38.1 Å². The van der Waals surface area contributed by atoms with E-state index in [1.165, 1.54) is 11.8 Å². The fraction of sp³-hybridized carbons (Fsp3) is 0.130. The van der Waals surface area contributed by atoms with Crippen LogP contribution in [0.25, 0.3) is 11.8 Å². The molecule has 1 saturated heterocycles. The maximum atomic E-state index is 12.6. The Bertz CT molecular complexity index is 1300. The van der Waals surface area contributed by atoms with Gasteiger partial charge >= 0.3 is 0 Å². The van der Waals surface area contributed by atoms with Crippen LogP contribution in [0.4, 0.5) is 5.69 Å². The van der Waals surface area contributed by atoms with Crippen LogP contribution in [0.1, 0.15) is 17.0 Å². The van der Waals surface area contributed by atoms with Gasteiger partial charge in [0.25, 0.3) is 5.91 Å². The Morgan fingerprint density at radius 1 is 1.12 bits per heavy atom. The van der Waals surface area contributed by atoms with E-state index >= 15 is 0 Å². The summed E-state index contributed by atoms with van der Waals surface area (Å²) in [5.74, 6) is 0.480. The van der Waals surface area contributed by atoms with Crippen LogP contribution in [0.15, 0.2) is 52.4 Å². The molecule has 1 N–H and O–H groups in total. The van der Waals surface area contributed by atoms with Crippen LogP contribution in [0, 0.1) is 13.8 Å². The Morgan fingerprint density at radius 2 is 1.91 bits per heavy atom. The Morgan fingerprint density at radius 3 is 2.66 bits per heavy atom. The van der Waals surface area contributed by atoms with Crippen LogP contribution in [-0.2, 0) is 4.79 Å². The van der Waals surface area contributed by atoms with Gasteiger partial charge in [-0.1, -0.05) is 40.9 Å². The number of carbonyl (C=O) groups excluding carboxylic acids is 1. The van der Waals surface area contributed by atoms with Crippen molar-refractivity contribution in [1.29, 1.82) is 0 Å². The summed E-state index contributed by atoms with van der Waals surface area (Å²) in [6.07, 6.45) is 1.85. The highest BCUT2D eigenvalue weighted by Gasteiger charge is 2.25. The van der Waals surface area contributed by atoms with Crippen LogP contribution in [0.2, 0.25) is 15.1 Å². The molecule has 4 rings (SSSR count). The third-order valence-electron chi connectivity index (χ3n) is 4.94. The Labute approximate surface area is 205 Å². The highest BCUT2D eigenvalue weighted by atomic mass is 35.5. The van der Waals surface area contributed by atoms with Gasteiger partial charge in [0.1, 0.15) is 5.75 Å². The fourth-order valence-electron chi connectivity index (χ4n) is 3.45. The average Bonchev–Trinajstić information content (AvgIpc) is 3.23. The Hall–Kier alpha value is -2.38. The number of nitrogens with one attached hydrogen (secondary N) is 1. The second-order valence-corrected chi connectivity index (χ2v) is 9.28. The number of thioether (sulfide) groups is 1. The quantitative estimate of drug-likeness (QED) is 0.389. The van der Waals surface area contributed by atoms with E-state index in [4.69, 9.17) is 39.5 Å². The molecule has 5 nitrogen and oxygen atoms in total. The summed E-state index contributed by atoms with van der Waals surface area (Å²) >= 11 is 19.7. The van der Waals surface area contributed by atoms with Crippen LogP contribution < -0.4 is 10.1 Å². The first-order valence-corrected chi connectivity index (χ1v) is 11.5. The highest BCUT2D eigenvalue weighted by Crippen LogP contribution is 2.36. The minimum Gasteiger partial charge on any atom is -0.495 e. The van der Waals surface area contributed by atoms with Crippen molar-refractivity contribution >= 4 is 69.4 Å². The lowest BCUT2D eigenvalue weighted by Crippen LogP contribution is -2.19. The number of amides is 1. The molecule has 2 aromatic carbocycles. The molecule has 0 saturated carbocycles. The molecule has 0 bridgehead atoms. The third kappa shape index (κ3) is 4.41. The SMILES string of the molecule is COc1ccc(Cl)cc1-n1c(C)cc(/C=C2/SC(=Nc3cccc(Cl)c3Cl)NC2=O)c1C. The van der Waals surface area contributed by atoms with Crippen LogP contribution in [0.5, 0.6) is 5.75 Å². The van der Waals surface area contributed by atoms with Crippen molar-refractivity contribution in [3.05, 3.63) is 79.4 Å². The number of amidine groups is 1. The summed E-state index contributed by atoms with van der Waals surface area (Å²) in [7, 11) is 1.62. The first kappa shape index (κ1) is 22.8. The second-order valence-electron chi connectivity index (χ2n) is 7.03. The van der Waals surface area contributed by atoms with Crippen molar-refractivity contribution in [2.45, 2.75) is 13.8 Å². The number of methoxy groups -OCH3 is 1. The molecule has 0 unspecified atom stereocenters. The van der Waals surface area contributed by atoms with E-state index in [9.17, 15) is 4.79 Å². The predicted octanol–water partition coefficient (Wildman–Crippen LogP) is 6.95. The maximum Gasteiger partial charge on any atom is 0.264 e. The predicted molar refractivity (Wildman–Crippen MR) is 134 cm³/mol. The third-order valence-corrected chi connectivity index (χ3v) is 6.90. The van der Waals surface area contributed by atoms with Crippen LogP contribution >= 0.6 is 46.6 Å². The molecule has 1 aliphatic rings. The minimum atomic E-state index is -0.225. The zero-order chi connectivity index (χ0) is 23.0. The van der Waals surface area contributed by atoms with Gasteiger partial charge in [-0.2, -0.15) is 0 Å².